The molecule has 1 saturated heterocycles. The number of nitrogens with zero attached hydrogens (tertiary/aromatic N) is 1. The van der Waals surface area contributed by atoms with E-state index in [0.717, 1.165) is 18.8 Å². The molecule has 1 fully saturated rings. The van der Waals surface area contributed by atoms with Crippen LogP contribution < -0.4 is 4.74 Å². The molecule has 0 amide bonds. The Morgan fingerprint density at radius 3 is 2.76 bits per heavy atom. The summed E-state index contributed by atoms with van der Waals surface area (Å²) in [6.07, 6.45) is 4.49. The van der Waals surface area contributed by atoms with Gasteiger partial charge in [-0.2, -0.15) is 0 Å². The second-order valence-electron chi connectivity index (χ2n) is 6.93. The largest absolute Gasteiger partial charge is 0.507 e. The fourth-order valence-electron chi connectivity index (χ4n) is 3.58. The predicted octanol–water partition coefficient (Wildman–Crippen LogP) is 3.78. The highest BCUT2D eigenvalue weighted by Crippen LogP contribution is 2.42. The molecule has 152 valence electrons. The summed E-state index contributed by atoms with van der Waals surface area (Å²) in [6, 6.07) is 5.34. The molecule has 29 heavy (non-hydrogen) atoms. The molecular formula is C22H23NO6. The standard InChI is InChI=1S/C22H23NO6/c1-14-3-4-15(29-14)5-6-18(24)19-20(25)17(13-23-8-11-27-12-9-23)21-16(7-10-28-21)22(19)26-2/h3-7,10,25H,8-9,11-13H2,1-2H3/b6-5+. The van der Waals surface area contributed by atoms with Gasteiger partial charge in [0.05, 0.1) is 37.5 Å². The number of phenols is 1. The summed E-state index contributed by atoms with van der Waals surface area (Å²) >= 11 is 0. The third-order valence-electron chi connectivity index (χ3n) is 5.03. The summed E-state index contributed by atoms with van der Waals surface area (Å²) in [5.74, 6) is 1.11. The minimum Gasteiger partial charge on any atom is -0.507 e. The van der Waals surface area contributed by atoms with E-state index in [2.05, 4.69) is 4.90 Å². The number of rotatable bonds is 6. The van der Waals surface area contributed by atoms with Crippen LogP contribution in [-0.4, -0.2) is 49.2 Å². The van der Waals surface area contributed by atoms with E-state index in [0.29, 0.717) is 47.8 Å². The smallest absolute Gasteiger partial charge is 0.193 e. The molecule has 7 nitrogen and oxygen atoms in total. The lowest BCUT2D eigenvalue weighted by molar-refractivity contribution is 0.0339. The van der Waals surface area contributed by atoms with Crippen molar-refractivity contribution in [2.75, 3.05) is 33.4 Å². The number of ketones is 1. The van der Waals surface area contributed by atoms with Gasteiger partial charge in [0, 0.05) is 19.6 Å². The first-order valence-corrected chi connectivity index (χ1v) is 9.46. The maximum absolute atomic E-state index is 13.0. The lowest BCUT2D eigenvalue weighted by Gasteiger charge is -2.27. The highest BCUT2D eigenvalue weighted by atomic mass is 16.5. The summed E-state index contributed by atoms with van der Waals surface area (Å²) in [5.41, 5.74) is 1.20. The predicted molar refractivity (Wildman–Crippen MR) is 107 cm³/mol. The van der Waals surface area contributed by atoms with Crippen LogP contribution in [0.15, 0.2) is 39.4 Å². The van der Waals surface area contributed by atoms with Crippen molar-refractivity contribution >= 4 is 22.8 Å². The summed E-state index contributed by atoms with van der Waals surface area (Å²) in [4.78, 5) is 15.2. The fourth-order valence-corrected chi connectivity index (χ4v) is 3.58. The molecule has 3 heterocycles. The maximum Gasteiger partial charge on any atom is 0.193 e. The summed E-state index contributed by atoms with van der Waals surface area (Å²) in [7, 11) is 1.47. The van der Waals surface area contributed by atoms with Gasteiger partial charge in [-0.3, -0.25) is 9.69 Å². The fraction of sp³-hybridized carbons (Fsp3) is 0.318. The lowest BCUT2D eigenvalue weighted by Crippen LogP contribution is -2.35. The van der Waals surface area contributed by atoms with Crippen molar-refractivity contribution in [1.82, 2.24) is 4.90 Å². The monoisotopic (exact) mass is 397 g/mol. The summed E-state index contributed by atoms with van der Waals surface area (Å²) in [6.45, 7) is 5.04. The van der Waals surface area contributed by atoms with Crippen molar-refractivity contribution in [3.05, 3.63) is 53.2 Å². The first kappa shape index (κ1) is 19.3. The number of hydrogen-bond acceptors (Lipinski definition) is 7. The second kappa shape index (κ2) is 8.14. The number of aromatic hydroxyl groups is 1. The van der Waals surface area contributed by atoms with E-state index in [4.69, 9.17) is 18.3 Å². The molecular weight excluding hydrogens is 374 g/mol. The van der Waals surface area contributed by atoms with E-state index in [1.165, 1.54) is 19.4 Å². The number of benzene rings is 1. The number of aryl methyl sites for hydroxylation is 1. The Labute approximate surface area is 168 Å². The van der Waals surface area contributed by atoms with Crippen molar-refractivity contribution in [2.24, 2.45) is 0 Å². The molecule has 7 heteroatoms. The van der Waals surface area contributed by atoms with Crippen molar-refractivity contribution in [2.45, 2.75) is 13.5 Å². The van der Waals surface area contributed by atoms with Gasteiger partial charge in [-0.25, -0.2) is 0 Å². The number of furan rings is 2. The average molecular weight is 397 g/mol. The number of carbonyl (C=O) groups is 1. The van der Waals surface area contributed by atoms with Crippen LogP contribution in [0.2, 0.25) is 0 Å². The van der Waals surface area contributed by atoms with Crippen LogP contribution in [0.5, 0.6) is 11.5 Å². The lowest BCUT2D eigenvalue weighted by atomic mass is 9.99. The zero-order valence-corrected chi connectivity index (χ0v) is 16.4. The average Bonchev–Trinajstić information content (AvgIpc) is 3.37. The van der Waals surface area contributed by atoms with E-state index in [1.807, 2.05) is 13.0 Å². The van der Waals surface area contributed by atoms with Gasteiger partial charge in [-0.15, -0.1) is 0 Å². The Balaban J connectivity index is 1.76. The molecule has 0 bridgehead atoms. The Hall–Kier alpha value is -3.03. The summed E-state index contributed by atoms with van der Waals surface area (Å²) < 4.78 is 22.0. The molecule has 4 rings (SSSR count). The van der Waals surface area contributed by atoms with Gasteiger partial charge < -0.3 is 23.4 Å². The second-order valence-corrected chi connectivity index (χ2v) is 6.93. The normalized spacial score (nSPS) is 15.4. The molecule has 0 saturated carbocycles. The van der Waals surface area contributed by atoms with Gasteiger partial charge in [0.2, 0.25) is 0 Å². The molecule has 1 N–H and O–H groups in total. The number of morpholine rings is 1. The van der Waals surface area contributed by atoms with E-state index in [-0.39, 0.29) is 17.1 Å². The van der Waals surface area contributed by atoms with Crippen LogP contribution in [0, 0.1) is 6.92 Å². The van der Waals surface area contributed by atoms with Crippen LogP contribution in [-0.2, 0) is 11.3 Å². The van der Waals surface area contributed by atoms with Crippen LogP contribution in [0.4, 0.5) is 0 Å². The van der Waals surface area contributed by atoms with Crippen molar-refractivity contribution in [3.8, 4) is 11.5 Å². The van der Waals surface area contributed by atoms with Crippen molar-refractivity contribution < 1.29 is 28.2 Å². The minimum atomic E-state index is -0.375. The van der Waals surface area contributed by atoms with Crippen LogP contribution in [0.3, 0.4) is 0 Å². The van der Waals surface area contributed by atoms with Gasteiger partial charge in [0.15, 0.2) is 5.78 Å². The Morgan fingerprint density at radius 2 is 2.07 bits per heavy atom. The van der Waals surface area contributed by atoms with Crippen molar-refractivity contribution in [3.63, 3.8) is 0 Å². The molecule has 0 aliphatic carbocycles. The highest BCUT2D eigenvalue weighted by molar-refractivity contribution is 6.14. The number of allylic oxidation sites excluding steroid dienone is 1. The first-order chi connectivity index (χ1) is 14.1. The van der Waals surface area contributed by atoms with Gasteiger partial charge in [0.25, 0.3) is 0 Å². The highest BCUT2D eigenvalue weighted by Gasteiger charge is 2.27. The van der Waals surface area contributed by atoms with Crippen LogP contribution in [0.25, 0.3) is 17.0 Å². The molecule has 3 aromatic rings. The maximum atomic E-state index is 13.0. The molecule has 1 aliphatic rings. The zero-order valence-electron chi connectivity index (χ0n) is 16.4. The molecule has 0 unspecified atom stereocenters. The third kappa shape index (κ3) is 3.79. The summed E-state index contributed by atoms with van der Waals surface area (Å²) in [5, 5.41) is 11.7. The molecule has 0 radical (unpaired) electrons. The number of phenolic OH excluding ortho intramolecular Hbond substituents is 1. The minimum absolute atomic E-state index is 0.115. The Bertz CT molecular complexity index is 1050. The van der Waals surface area contributed by atoms with E-state index in [9.17, 15) is 9.90 Å². The number of carbonyl (C=O) groups excluding carboxylic acids is 1. The van der Waals surface area contributed by atoms with Gasteiger partial charge in [0.1, 0.15) is 34.2 Å². The molecule has 0 spiro atoms. The van der Waals surface area contributed by atoms with Crippen LogP contribution in [0.1, 0.15) is 27.4 Å². The Morgan fingerprint density at radius 1 is 1.28 bits per heavy atom. The van der Waals surface area contributed by atoms with E-state index >= 15 is 0 Å². The first-order valence-electron chi connectivity index (χ1n) is 9.46. The third-order valence-corrected chi connectivity index (χ3v) is 5.03. The molecule has 2 aromatic heterocycles. The van der Waals surface area contributed by atoms with Crippen molar-refractivity contribution in [1.29, 1.82) is 0 Å². The van der Waals surface area contributed by atoms with E-state index < -0.39 is 0 Å². The van der Waals surface area contributed by atoms with Gasteiger partial charge in [-0.05, 0) is 37.3 Å². The van der Waals surface area contributed by atoms with Gasteiger partial charge in [-0.1, -0.05) is 0 Å². The molecule has 1 aliphatic heterocycles. The van der Waals surface area contributed by atoms with E-state index in [1.54, 1.807) is 18.2 Å². The molecule has 1 aromatic carbocycles. The quantitative estimate of drug-likeness (QED) is 0.500. The number of methoxy groups -OCH3 is 1. The van der Waals surface area contributed by atoms with Gasteiger partial charge >= 0.3 is 0 Å². The Kier molecular flexibility index (Phi) is 5.42. The number of hydrogen-bond donors (Lipinski definition) is 1. The van der Waals surface area contributed by atoms with Crippen LogP contribution >= 0.6 is 0 Å². The molecule has 0 atom stereocenters. The zero-order chi connectivity index (χ0) is 20.4. The number of ether oxygens (including phenoxy) is 2. The number of fused-ring (bicyclic) bond motifs is 1. The topological polar surface area (TPSA) is 85.3 Å². The SMILES string of the molecule is COc1c(C(=O)/C=C/c2ccc(C)o2)c(O)c(CN2CCOCC2)c2occc12.